The predicted molar refractivity (Wildman–Crippen MR) is 68.4 cm³/mol. The van der Waals surface area contributed by atoms with Crippen molar-refractivity contribution >= 4 is 13.3 Å². The highest BCUT2D eigenvalue weighted by molar-refractivity contribution is 6.35. The fourth-order valence-electron chi connectivity index (χ4n) is 1.92. The molecule has 0 spiro atoms. The van der Waals surface area contributed by atoms with Crippen molar-refractivity contribution in [1.29, 1.82) is 0 Å². The molecule has 0 bridgehead atoms. The molecule has 0 fully saturated rings. The molecule has 0 aliphatic rings. The highest BCUT2D eigenvalue weighted by Gasteiger charge is 2.21. The first-order chi connectivity index (χ1) is 9.36. The van der Waals surface area contributed by atoms with E-state index < -0.39 is 28.7 Å². The average molecular weight is 280 g/mol. The molecular weight excluding hydrogens is 271 g/mol. The Bertz CT molecular complexity index is 686. The first-order valence-electron chi connectivity index (χ1n) is 5.64. The van der Waals surface area contributed by atoms with Crippen LogP contribution in [0.1, 0.15) is 5.56 Å². The summed E-state index contributed by atoms with van der Waals surface area (Å²) in [5, 5.41) is 0. The molecule has 0 saturated carbocycles. The van der Waals surface area contributed by atoms with Crippen molar-refractivity contribution in [2.45, 2.75) is 6.92 Å². The molecule has 0 unspecified atom stereocenters. The monoisotopic (exact) mass is 280 g/mol. The number of aryl methyl sites for hydroxylation is 1. The van der Waals surface area contributed by atoms with Crippen LogP contribution in [0, 0.1) is 30.2 Å². The van der Waals surface area contributed by atoms with E-state index in [0.717, 1.165) is 13.2 Å². The highest BCUT2D eigenvalue weighted by atomic mass is 19.1. The van der Waals surface area contributed by atoms with E-state index in [-0.39, 0.29) is 22.4 Å². The summed E-state index contributed by atoms with van der Waals surface area (Å²) in [5.74, 6) is -4.13. The van der Waals surface area contributed by atoms with Gasteiger partial charge in [0.2, 0.25) is 0 Å². The zero-order valence-electron chi connectivity index (χ0n) is 10.7. The first-order valence-corrected chi connectivity index (χ1v) is 5.64. The summed E-state index contributed by atoms with van der Waals surface area (Å²) >= 11 is 0. The summed E-state index contributed by atoms with van der Waals surface area (Å²) in [5.41, 5.74) is -0.909. The summed E-state index contributed by atoms with van der Waals surface area (Å²) in [7, 11) is 6.61. The number of ether oxygens (including phenoxy) is 1. The topological polar surface area (TPSA) is 9.23 Å². The minimum absolute atomic E-state index is 0.116. The Morgan fingerprint density at radius 2 is 1.50 bits per heavy atom. The summed E-state index contributed by atoms with van der Waals surface area (Å²) in [4.78, 5) is 0. The molecule has 2 rings (SSSR count). The molecule has 0 N–H and O–H groups in total. The van der Waals surface area contributed by atoms with Gasteiger partial charge < -0.3 is 4.74 Å². The highest BCUT2D eigenvalue weighted by Crippen LogP contribution is 2.34. The first kappa shape index (κ1) is 14.4. The number of rotatable bonds is 2. The van der Waals surface area contributed by atoms with Crippen LogP contribution >= 0.6 is 0 Å². The average Bonchev–Trinajstić information content (AvgIpc) is 2.38. The van der Waals surface area contributed by atoms with Gasteiger partial charge in [0.05, 0.1) is 12.7 Å². The van der Waals surface area contributed by atoms with Crippen molar-refractivity contribution < 1.29 is 22.3 Å². The van der Waals surface area contributed by atoms with Gasteiger partial charge in [-0.1, -0.05) is 0 Å². The van der Waals surface area contributed by atoms with E-state index in [9.17, 15) is 17.6 Å². The Hall–Kier alpha value is -1.98. The molecule has 1 nitrogen and oxygen atoms in total. The molecule has 0 amide bonds. The molecule has 2 aromatic rings. The number of benzene rings is 2. The van der Waals surface area contributed by atoms with Crippen molar-refractivity contribution in [3.05, 3.63) is 47.0 Å². The summed E-state index contributed by atoms with van der Waals surface area (Å²) in [6.45, 7) is 1.40. The Labute approximate surface area is 114 Å². The Morgan fingerprint density at radius 1 is 0.900 bits per heavy atom. The van der Waals surface area contributed by atoms with Crippen LogP contribution in [0.15, 0.2) is 18.2 Å². The molecular formula is C14H9BF4O. The van der Waals surface area contributed by atoms with Gasteiger partial charge in [0.15, 0.2) is 0 Å². The minimum atomic E-state index is -1.04. The van der Waals surface area contributed by atoms with Crippen LogP contribution in [0.2, 0.25) is 0 Å². The van der Waals surface area contributed by atoms with E-state index in [4.69, 9.17) is 12.6 Å². The lowest BCUT2D eigenvalue weighted by atomic mass is 9.89. The molecule has 0 aliphatic heterocycles. The van der Waals surface area contributed by atoms with Crippen LogP contribution in [0.25, 0.3) is 11.1 Å². The van der Waals surface area contributed by atoms with Gasteiger partial charge in [-0.05, 0) is 24.0 Å². The van der Waals surface area contributed by atoms with Crippen molar-refractivity contribution in [1.82, 2.24) is 0 Å². The number of hydrogen-bond acceptors (Lipinski definition) is 1. The zero-order valence-corrected chi connectivity index (χ0v) is 10.7. The van der Waals surface area contributed by atoms with Gasteiger partial charge in [0.25, 0.3) is 0 Å². The second-order valence-corrected chi connectivity index (χ2v) is 4.24. The van der Waals surface area contributed by atoms with E-state index in [2.05, 4.69) is 0 Å². The van der Waals surface area contributed by atoms with Crippen molar-refractivity contribution in [2.24, 2.45) is 0 Å². The van der Waals surface area contributed by atoms with E-state index in [1.54, 1.807) is 0 Å². The van der Waals surface area contributed by atoms with Gasteiger partial charge in [-0.2, -0.15) is 0 Å². The van der Waals surface area contributed by atoms with Crippen LogP contribution in [0.5, 0.6) is 5.75 Å². The third kappa shape index (κ3) is 2.26. The lowest BCUT2D eigenvalue weighted by Crippen LogP contribution is -2.15. The largest absolute Gasteiger partial charge is 0.497 e. The maximum atomic E-state index is 13.9. The van der Waals surface area contributed by atoms with Gasteiger partial charge in [-0.3, -0.25) is 0 Å². The van der Waals surface area contributed by atoms with Crippen LogP contribution < -0.4 is 10.2 Å². The van der Waals surface area contributed by atoms with Crippen molar-refractivity contribution in [3.63, 3.8) is 0 Å². The van der Waals surface area contributed by atoms with Crippen molar-refractivity contribution in [3.8, 4) is 16.9 Å². The van der Waals surface area contributed by atoms with Crippen LogP contribution in [0.4, 0.5) is 17.6 Å². The number of hydrogen-bond donors (Lipinski definition) is 0. The number of methoxy groups -OCH3 is 1. The molecule has 20 heavy (non-hydrogen) atoms. The van der Waals surface area contributed by atoms with E-state index >= 15 is 0 Å². The third-order valence-corrected chi connectivity index (χ3v) is 2.94. The Kier molecular flexibility index (Phi) is 3.75. The molecule has 0 aliphatic carbocycles. The molecule has 2 radical (unpaired) electrons. The van der Waals surface area contributed by atoms with Gasteiger partial charge in [-0.15, -0.1) is 0 Å². The summed E-state index contributed by atoms with van der Waals surface area (Å²) in [6, 6.07) is 2.28. The predicted octanol–water partition coefficient (Wildman–Crippen LogP) is 3.02. The van der Waals surface area contributed by atoms with Crippen LogP contribution in [0.3, 0.4) is 0 Å². The fourth-order valence-corrected chi connectivity index (χ4v) is 1.92. The smallest absolute Gasteiger partial charge is 0.137 e. The summed E-state index contributed by atoms with van der Waals surface area (Å²) in [6.07, 6.45) is 0. The minimum Gasteiger partial charge on any atom is -0.497 e. The third-order valence-electron chi connectivity index (χ3n) is 2.94. The molecule has 0 aromatic heterocycles. The van der Waals surface area contributed by atoms with Crippen molar-refractivity contribution in [2.75, 3.05) is 7.11 Å². The quantitative estimate of drug-likeness (QED) is 0.607. The SMILES string of the molecule is [B]c1c(F)cc(F)c(-c2cc(C)c(F)cc2F)c1OC. The molecule has 0 atom stereocenters. The van der Waals surface area contributed by atoms with E-state index in [1.807, 2.05) is 0 Å². The van der Waals surface area contributed by atoms with Gasteiger partial charge in [0, 0.05) is 17.7 Å². The van der Waals surface area contributed by atoms with Crippen LogP contribution in [-0.4, -0.2) is 15.0 Å². The molecule has 6 heteroatoms. The fraction of sp³-hybridized carbons (Fsp3) is 0.143. The maximum absolute atomic E-state index is 13.9. The Balaban J connectivity index is 2.82. The lowest BCUT2D eigenvalue weighted by molar-refractivity contribution is 0.413. The second kappa shape index (κ2) is 5.19. The van der Waals surface area contributed by atoms with Gasteiger partial charge in [-0.25, -0.2) is 17.6 Å². The molecule has 0 saturated heterocycles. The molecule has 102 valence electrons. The van der Waals surface area contributed by atoms with E-state index in [0.29, 0.717) is 12.1 Å². The second-order valence-electron chi connectivity index (χ2n) is 4.24. The normalized spacial score (nSPS) is 10.7. The number of halogens is 4. The zero-order chi connectivity index (χ0) is 15.0. The van der Waals surface area contributed by atoms with E-state index in [1.165, 1.54) is 6.92 Å². The van der Waals surface area contributed by atoms with Crippen LogP contribution in [-0.2, 0) is 0 Å². The standard InChI is InChI=1S/C14H9BF4O/c1-6-3-7(9(17)4-8(6)16)12-10(18)5-11(19)13(15)14(12)20-2/h3-5H,1-2H3. The summed E-state index contributed by atoms with van der Waals surface area (Å²) < 4.78 is 59.3. The Morgan fingerprint density at radius 3 is 2.10 bits per heavy atom. The van der Waals surface area contributed by atoms with Gasteiger partial charge in [0.1, 0.15) is 36.9 Å². The maximum Gasteiger partial charge on any atom is 0.137 e. The molecule has 2 aromatic carbocycles. The lowest BCUT2D eigenvalue weighted by Gasteiger charge is -2.15. The molecule has 0 heterocycles. The van der Waals surface area contributed by atoms with Gasteiger partial charge >= 0.3 is 0 Å².